The predicted octanol–water partition coefficient (Wildman–Crippen LogP) is 14.8. The maximum absolute atomic E-state index is 7.15. The third-order valence-corrected chi connectivity index (χ3v) is 14.7. The highest BCUT2D eigenvalue weighted by molar-refractivity contribution is 6.17. The fourth-order valence-corrected chi connectivity index (χ4v) is 11.9. The quantitative estimate of drug-likeness (QED) is 0.165. The molecule has 308 valence electrons. The van der Waals surface area contributed by atoms with Crippen LogP contribution in [0.25, 0.3) is 83.1 Å². The van der Waals surface area contributed by atoms with Crippen LogP contribution in [0.2, 0.25) is 0 Å². The zero-order chi connectivity index (χ0) is 43.1. The van der Waals surface area contributed by atoms with E-state index in [1.165, 1.54) is 55.3 Å². The first-order valence-corrected chi connectivity index (χ1v) is 22.7. The molecule has 5 heteroatoms. The van der Waals surface area contributed by atoms with E-state index in [9.17, 15) is 0 Å². The van der Waals surface area contributed by atoms with Crippen molar-refractivity contribution in [3.63, 3.8) is 0 Å². The van der Waals surface area contributed by atoms with Crippen LogP contribution < -0.4 is 4.74 Å². The molecule has 0 saturated heterocycles. The average molecular weight is 844 g/mol. The number of aromatic nitrogens is 3. The van der Waals surface area contributed by atoms with Gasteiger partial charge in [0, 0.05) is 50.5 Å². The van der Waals surface area contributed by atoms with Crippen molar-refractivity contribution in [3.05, 3.63) is 245 Å². The first kappa shape index (κ1) is 35.9. The van der Waals surface area contributed by atoms with Gasteiger partial charge < -0.3 is 13.7 Å². The molecule has 66 heavy (non-hydrogen) atoms. The summed E-state index contributed by atoms with van der Waals surface area (Å²) >= 11 is 0. The molecule has 0 amide bonds. The minimum atomic E-state index is -0.805. The van der Waals surface area contributed by atoms with Gasteiger partial charge >= 0.3 is 0 Å². The maximum atomic E-state index is 7.15. The van der Waals surface area contributed by atoms with Gasteiger partial charge in [-0.25, -0.2) is 0 Å². The molecule has 1 atom stereocenters. The van der Waals surface area contributed by atoms with E-state index in [0.717, 1.165) is 96.6 Å². The van der Waals surface area contributed by atoms with Crippen molar-refractivity contribution in [1.82, 2.24) is 14.5 Å². The number of furan rings is 1. The Bertz CT molecular complexity index is 4060. The normalized spacial score (nSPS) is 15.3. The summed E-state index contributed by atoms with van der Waals surface area (Å²) in [5.41, 5.74) is 20.3. The number of para-hydroxylation sites is 3. The second kappa shape index (κ2) is 13.3. The highest BCUT2D eigenvalue weighted by Gasteiger charge is 2.53. The van der Waals surface area contributed by atoms with Gasteiger partial charge in [0.1, 0.15) is 22.7 Å². The molecule has 0 N–H and O–H groups in total. The van der Waals surface area contributed by atoms with Crippen molar-refractivity contribution < 1.29 is 9.15 Å². The fraction of sp³-hybridized carbons (Fsp3) is 0.0492. The van der Waals surface area contributed by atoms with Crippen LogP contribution in [0.4, 0.5) is 0 Å². The summed E-state index contributed by atoms with van der Waals surface area (Å²) in [6, 6.07) is 68.3. The summed E-state index contributed by atoms with van der Waals surface area (Å²) in [6.45, 7) is 0. The number of ether oxygens (including phenoxy) is 1. The van der Waals surface area contributed by atoms with Crippen LogP contribution in [-0.4, -0.2) is 14.5 Å². The Hall–Kier alpha value is -8.54. The Kier molecular flexibility index (Phi) is 7.20. The fourth-order valence-electron chi connectivity index (χ4n) is 11.9. The molecule has 5 nitrogen and oxygen atoms in total. The molecule has 8 aromatic carbocycles. The van der Waals surface area contributed by atoms with Crippen LogP contribution >= 0.6 is 0 Å². The predicted molar refractivity (Wildman–Crippen MR) is 264 cm³/mol. The van der Waals surface area contributed by atoms with Crippen molar-refractivity contribution in [2.24, 2.45) is 0 Å². The molecule has 1 unspecified atom stereocenters. The Morgan fingerprint density at radius 1 is 0.409 bits per heavy atom. The lowest BCUT2D eigenvalue weighted by Crippen LogP contribution is -2.32. The lowest BCUT2D eigenvalue weighted by molar-refractivity contribution is 0.435. The van der Waals surface area contributed by atoms with Gasteiger partial charge in [0.2, 0.25) is 0 Å². The van der Waals surface area contributed by atoms with Crippen LogP contribution in [0.3, 0.4) is 0 Å². The Balaban J connectivity index is 1.03. The molecule has 5 heterocycles. The molecule has 15 rings (SSSR count). The zero-order valence-corrected chi connectivity index (χ0v) is 35.6. The minimum Gasteiger partial charge on any atom is -0.457 e. The number of hydrogen-bond acceptors (Lipinski definition) is 4. The Labute approximate surface area is 379 Å². The molecule has 0 bridgehead atoms. The van der Waals surface area contributed by atoms with Gasteiger partial charge in [0.15, 0.2) is 0 Å². The highest BCUT2D eigenvalue weighted by Crippen LogP contribution is 2.62. The number of nitrogens with zero attached hydrogens (tertiary/aromatic N) is 3. The van der Waals surface area contributed by atoms with E-state index in [-0.39, 0.29) is 0 Å². The molecule has 0 fully saturated rings. The summed E-state index contributed by atoms with van der Waals surface area (Å²) in [5.74, 6) is 1.67. The van der Waals surface area contributed by atoms with E-state index in [1.807, 2.05) is 24.5 Å². The first-order valence-electron chi connectivity index (χ1n) is 22.7. The summed E-state index contributed by atoms with van der Waals surface area (Å²) in [5, 5.41) is 4.57. The SMILES string of the molecule is c1ccc2c(c1)Cc1ccccc1-c1cc3c(cc1Cc1ccccc1-2)Oc1ccccc1C31c2cccnc2-c2ncc(-n3c4ccccc4c4cc5c(cc43)oc3ccccc35)cc21. The Morgan fingerprint density at radius 2 is 1.06 bits per heavy atom. The summed E-state index contributed by atoms with van der Waals surface area (Å²) in [4.78, 5) is 10.6. The molecule has 1 spiro atoms. The third kappa shape index (κ3) is 4.78. The lowest BCUT2D eigenvalue weighted by Gasteiger charge is -2.40. The Morgan fingerprint density at radius 3 is 1.88 bits per heavy atom. The van der Waals surface area contributed by atoms with Gasteiger partial charge in [-0.3, -0.25) is 9.97 Å². The van der Waals surface area contributed by atoms with E-state index >= 15 is 0 Å². The maximum Gasteiger partial charge on any atom is 0.137 e. The number of hydrogen-bond donors (Lipinski definition) is 0. The molecule has 1 aliphatic heterocycles. The van der Waals surface area contributed by atoms with E-state index in [2.05, 4.69) is 180 Å². The van der Waals surface area contributed by atoms with Gasteiger partial charge in [0.25, 0.3) is 0 Å². The third-order valence-electron chi connectivity index (χ3n) is 14.7. The van der Waals surface area contributed by atoms with Crippen LogP contribution in [-0.2, 0) is 18.3 Å². The number of rotatable bonds is 1. The van der Waals surface area contributed by atoms with Crippen molar-refractivity contribution in [2.45, 2.75) is 18.3 Å². The van der Waals surface area contributed by atoms with E-state index in [4.69, 9.17) is 19.1 Å². The van der Waals surface area contributed by atoms with Crippen molar-refractivity contribution in [3.8, 4) is 50.8 Å². The number of pyridine rings is 2. The molecule has 0 radical (unpaired) electrons. The zero-order valence-electron chi connectivity index (χ0n) is 35.6. The van der Waals surface area contributed by atoms with Crippen molar-refractivity contribution in [2.75, 3.05) is 0 Å². The summed E-state index contributed by atoms with van der Waals surface area (Å²) in [6.07, 6.45) is 5.47. The van der Waals surface area contributed by atoms with Gasteiger partial charge in [-0.05, 0) is 111 Å². The van der Waals surface area contributed by atoms with Crippen molar-refractivity contribution >= 4 is 43.7 Å². The molecule has 2 aliphatic carbocycles. The summed E-state index contributed by atoms with van der Waals surface area (Å²) < 4.78 is 16.0. The van der Waals surface area contributed by atoms with Crippen LogP contribution in [0, 0.1) is 0 Å². The van der Waals surface area contributed by atoms with Gasteiger partial charge in [-0.2, -0.15) is 0 Å². The van der Waals surface area contributed by atoms with E-state index in [0.29, 0.717) is 0 Å². The standard InChI is InChI=1S/C61H37N3O2/c1-4-17-41-36(14-1)28-37-15-3-6-19-43(37)46-33-51-58(30-39(46)29-38-16-2-5-18-42(38)41)66-56-26-12-9-22-49(56)61(51)50-23-13-27-62-59(50)60-52(61)31-40(35-63-60)64-53-24-10-7-20-44(53)47-32-48-45-21-8-11-25-55(45)65-57(48)34-54(47)64/h1-27,30-35H,28-29H2. The second-order valence-corrected chi connectivity index (χ2v) is 18.0. The molecular formula is C61H37N3O2. The van der Waals surface area contributed by atoms with Gasteiger partial charge in [0.05, 0.1) is 39.7 Å². The topological polar surface area (TPSA) is 53.1 Å². The lowest BCUT2D eigenvalue weighted by atomic mass is 9.65. The molecule has 0 saturated carbocycles. The highest BCUT2D eigenvalue weighted by atomic mass is 16.5. The molecule has 4 aromatic heterocycles. The monoisotopic (exact) mass is 843 g/mol. The van der Waals surface area contributed by atoms with Crippen molar-refractivity contribution in [1.29, 1.82) is 0 Å². The minimum absolute atomic E-state index is 0.742. The van der Waals surface area contributed by atoms with Crippen LogP contribution in [0.1, 0.15) is 44.5 Å². The van der Waals surface area contributed by atoms with Gasteiger partial charge in [-0.15, -0.1) is 0 Å². The summed E-state index contributed by atoms with van der Waals surface area (Å²) in [7, 11) is 0. The van der Waals surface area contributed by atoms with E-state index < -0.39 is 5.41 Å². The van der Waals surface area contributed by atoms with Crippen LogP contribution in [0.5, 0.6) is 11.5 Å². The number of fused-ring (bicyclic) bond motifs is 21. The molecule has 12 aromatic rings. The first-order chi connectivity index (χ1) is 32.7. The smallest absolute Gasteiger partial charge is 0.137 e. The number of benzene rings is 8. The van der Waals surface area contributed by atoms with Crippen LogP contribution in [0.15, 0.2) is 205 Å². The van der Waals surface area contributed by atoms with Gasteiger partial charge in [-0.1, -0.05) is 133 Å². The molecular weight excluding hydrogens is 807 g/mol. The molecule has 3 aliphatic rings. The second-order valence-electron chi connectivity index (χ2n) is 18.0. The van der Waals surface area contributed by atoms with E-state index in [1.54, 1.807) is 0 Å². The largest absolute Gasteiger partial charge is 0.457 e. The average Bonchev–Trinajstić information content (AvgIpc) is 3.99.